The lowest BCUT2D eigenvalue weighted by Crippen LogP contribution is -2.58. The molecule has 0 radical (unpaired) electrons. The highest BCUT2D eigenvalue weighted by Gasteiger charge is 2.52. The lowest BCUT2D eigenvalue weighted by molar-refractivity contribution is -0.155. The van der Waals surface area contributed by atoms with Gasteiger partial charge in [0.15, 0.2) is 0 Å². The Kier molecular flexibility index (Phi) is 4.05. The zero-order chi connectivity index (χ0) is 12.3. The molecule has 2 fully saturated rings. The van der Waals surface area contributed by atoms with Crippen LogP contribution in [0, 0.1) is 5.92 Å². The quantitative estimate of drug-likeness (QED) is 0.686. The SMILES string of the molecule is CCNC(COC1CCC1)(C(=O)OC)C1CC1. The summed E-state index contributed by atoms with van der Waals surface area (Å²) in [7, 11) is 1.46. The summed E-state index contributed by atoms with van der Waals surface area (Å²) in [6, 6.07) is 0. The molecule has 0 bridgehead atoms. The first-order chi connectivity index (χ1) is 8.23. The third-order valence-corrected chi connectivity index (χ3v) is 3.92. The number of nitrogens with one attached hydrogen (secondary N) is 1. The number of esters is 1. The molecule has 0 aromatic rings. The van der Waals surface area contributed by atoms with Gasteiger partial charge in [-0.05, 0) is 44.6 Å². The van der Waals surface area contributed by atoms with E-state index in [4.69, 9.17) is 9.47 Å². The normalized spacial score (nSPS) is 23.9. The predicted octanol–water partition coefficient (Wildman–Crippen LogP) is 1.49. The summed E-state index contributed by atoms with van der Waals surface area (Å²) in [4.78, 5) is 12.1. The van der Waals surface area contributed by atoms with Gasteiger partial charge in [0.05, 0.1) is 19.8 Å². The third-order valence-electron chi connectivity index (χ3n) is 3.92. The van der Waals surface area contributed by atoms with Crippen molar-refractivity contribution < 1.29 is 14.3 Å². The molecule has 2 aliphatic rings. The van der Waals surface area contributed by atoms with E-state index in [2.05, 4.69) is 5.32 Å². The van der Waals surface area contributed by atoms with Crippen LogP contribution in [0.15, 0.2) is 0 Å². The van der Waals surface area contributed by atoms with Crippen molar-refractivity contribution in [2.45, 2.75) is 50.7 Å². The van der Waals surface area contributed by atoms with E-state index in [1.807, 2.05) is 6.92 Å². The van der Waals surface area contributed by atoms with E-state index in [9.17, 15) is 4.79 Å². The molecule has 2 saturated carbocycles. The average Bonchev–Trinajstić information content (AvgIpc) is 3.08. The van der Waals surface area contributed by atoms with Crippen LogP contribution >= 0.6 is 0 Å². The molecule has 0 amide bonds. The number of carbonyl (C=O) groups is 1. The molecule has 2 rings (SSSR count). The lowest BCUT2D eigenvalue weighted by Gasteiger charge is -2.35. The topological polar surface area (TPSA) is 47.6 Å². The maximum absolute atomic E-state index is 12.1. The molecule has 0 saturated heterocycles. The van der Waals surface area contributed by atoms with Crippen LogP contribution < -0.4 is 5.32 Å². The highest BCUT2D eigenvalue weighted by molar-refractivity contribution is 5.82. The first-order valence-electron chi connectivity index (χ1n) is 6.68. The van der Waals surface area contributed by atoms with Gasteiger partial charge in [-0.25, -0.2) is 4.79 Å². The standard InChI is InChI=1S/C13H23NO3/c1-3-14-13(10-7-8-10,12(15)16-2)9-17-11-5-4-6-11/h10-11,14H,3-9H2,1-2H3. The van der Waals surface area contributed by atoms with Gasteiger partial charge in [-0.15, -0.1) is 0 Å². The Morgan fingerprint density at radius 3 is 2.47 bits per heavy atom. The summed E-state index contributed by atoms with van der Waals surface area (Å²) in [5.74, 6) is 0.219. The second-order valence-corrected chi connectivity index (χ2v) is 5.13. The first kappa shape index (κ1) is 12.8. The summed E-state index contributed by atoms with van der Waals surface area (Å²) < 4.78 is 10.8. The fraction of sp³-hybridized carbons (Fsp3) is 0.923. The minimum atomic E-state index is -0.598. The van der Waals surface area contributed by atoms with Gasteiger partial charge >= 0.3 is 5.97 Å². The lowest BCUT2D eigenvalue weighted by atomic mass is 9.92. The van der Waals surface area contributed by atoms with Crippen molar-refractivity contribution in [3.8, 4) is 0 Å². The summed E-state index contributed by atoms with van der Waals surface area (Å²) >= 11 is 0. The number of hydrogen-bond donors (Lipinski definition) is 1. The molecule has 98 valence electrons. The molecule has 1 atom stereocenters. The van der Waals surface area contributed by atoms with Gasteiger partial charge in [-0.1, -0.05) is 6.92 Å². The Balaban J connectivity index is 1.99. The zero-order valence-corrected chi connectivity index (χ0v) is 10.8. The molecule has 0 aromatic carbocycles. The second-order valence-electron chi connectivity index (χ2n) is 5.13. The Labute approximate surface area is 103 Å². The number of ether oxygens (including phenoxy) is 2. The van der Waals surface area contributed by atoms with Crippen molar-refractivity contribution in [3.63, 3.8) is 0 Å². The van der Waals surface area contributed by atoms with E-state index in [0.29, 0.717) is 18.6 Å². The van der Waals surface area contributed by atoms with E-state index >= 15 is 0 Å². The molecule has 2 aliphatic carbocycles. The van der Waals surface area contributed by atoms with Crippen LogP contribution in [0.25, 0.3) is 0 Å². The number of hydrogen-bond acceptors (Lipinski definition) is 4. The van der Waals surface area contributed by atoms with Crippen molar-refractivity contribution in [1.29, 1.82) is 0 Å². The highest BCUT2D eigenvalue weighted by Crippen LogP contribution is 2.41. The molecule has 1 N–H and O–H groups in total. The third kappa shape index (κ3) is 2.63. The predicted molar refractivity (Wildman–Crippen MR) is 64.7 cm³/mol. The molecule has 0 heterocycles. The number of likely N-dealkylation sites (N-methyl/N-ethyl adjacent to an activating group) is 1. The Morgan fingerprint density at radius 1 is 1.35 bits per heavy atom. The molecule has 4 heteroatoms. The van der Waals surface area contributed by atoms with Crippen molar-refractivity contribution in [2.75, 3.05) is 20.3 Å². The summed E-state index contributed by atoms with van der Waals surface area (Å²) in [5, 5.41) is 3.31. The van der Waals surface area contributed by atoms with Gasteiger partial charge in [0.1, 0.15) is 5.54 Å². The fourth-order valence-corrected chi connectivity index (χ4v) is 2.47. The molecule has 1 unspecified atom stereocenters. The minimum Gasteiger partial charge on any atom is -0.468 e. The molecule has 0 aromatic heterocycles. The van der Waals surface area contributed by atoms with Crippen LogP contribution in [0.1, 0.15) is 39.0 Å². The monoisotopic (exact) mass is 241 g/mol. The zero-order valence-electron chi connectivity index (χ0n) is 10.8. The average molecular weight is 241 g/mol. The molecule has 0 spiro atoms. The van der Waals surface area contributed by atoms with Gasteiger partial charge in [0, 0.05) is 0 Å². The number of methoxy groups -OCH3 is 1. The maximum atomic E-state index is 12.1. The summed E-state index contributed by atoms with van der Waals surface area (Å²) in [5.41, 5.74) is -0.598. The van der Waals surface area contributed by atoms with Crippen LogP contribution in [0.2, 0.25) is 0 Å². The van der Waals surface area contributed by atoms with Crippen LogP contribution in [0.4, 0.5) is 0 Å². The largest absolute Gasteiger partial charge is 0.468 e. The van der Waals surface area contributed by atoms with Crippen molar-refractivity contribution in [2.24, 2.45) is 5.92 Å². The maximum Gasteiger partial charge on any atom is 0.328 e. The Morgan fingerprint density at radius 2 is 2.06 bits per heavy atom. The first-order valence-corrected chi connectivity index (χ1v) is 6.68. The molecule has 4 nitrogen and oxygen atoms in total. The van der Waals surface area contributed by atoms with Crippen molar-refractivity contribution in [1.82, 2.24) is 5.32 Å². The number of rotatable bonds is 7. The van der Waals surface area contributed by atoms with Gasteiger partial charge in [-0.3, -0.25) is 5.32 Å². The molecule has 0 aliphatic heterocycles. The highest BCUT2D eigenvalue weighted by atomic mass is 16.5. The fourth-order valence-electron chi connectivity index (χ4n) is 2.47. The second kappa shape index (κ2) is 5.36. The van der Waals surface area contributed by atoms with E-state index in [-0.39, 0.29) is 5.97 Å². The summed E-state index contributed by atoms with van der Waals surface area (Å²) in [6.07, 6.45) is 6.06. The van der Waals surface area contributed by atoms with Crippen molar-refractivity contribution >= 4 is 5.97 Å². The molecule has 17 heavy (non-hydrogen) atoms. The van der Waals surface area contributed by atoms with Crippen LogP contribution in [0.5, 0.6) is 0 Å². The van der Waals surface area contributed by atoms with Gasteiger partial charge in [0.25, 0.3) is 0 Å². The Hall–Kier alpha value is -0.610. The van der Waals surface area contributed by atoms with Crippen LogP contribution in [-0.4, -0.2) is 37.9 Å². The minimum absolute atomic E-state index is 0.166. The van der Waals surface area contributed by atoms with E-state index < -0.39 is 5.54 Å². The Bertz CT molecular complexity index is 274. The van der Waals surface area contributed by atoms with Gasteiger partial charge < -0.3 is 9.47 Å². The van der Waals surface area contributed by atoms with E-state index in [1.165, 1.54) is 13.5 Å². The number of carbonyl (C=O) groups excluding carboxylic acids is 1. The van der Waals surface area contributed by atoms with E-state index in [1.54, 1.807) is 0 Å². The van der Waals surface area contributed by atoms with Crippen molar-refractivity contribution in [3.05, 3.63) is 0 Å². The van der Waals surface area contributed by atoms with Gasteiger partial charge in [-0.2, -0.15) is 0 Å². The summed E-state index contributed by atoms with van der Waals surface area (Å²) in [6.45, 7) is 3.24. The van der Waals surface area contributed by atoms with E-state index in [0.717, 1.165) is 32.2 Å². The molecular weight excluding hydrogens is 218 g/mol. The molecular formula is C13H23NO3. The van der Waals surface area contributed by atoms with Crippen LogP contribution in [0.3, 0.4) is 0 Å². The van der Waals surface area contributed by atoms with Crippen LogP contribution in [-0.2, 0) is 14.3 Å². The van der Waals surface area contributed by atoms with Gasteiger partial charge in [0.2, 0.25) is 0 Å². The smallest absolute Gasteiger partial charge is 0.328 e.